The monoisotopic (exact) mass is 325 g/mol. The van der Waals surface area contributed by atoms with Gasteiger partial charge in [0.1, 0.15) is 0 Å². The molecule has 2 aromatic rings. The number of carboxylic acid groups (broad SMARTS) is 1. The molecule has 1 aromatic heterocycles. The van der Waals surface area contributed by atoms with Crippen LogP contribution in [0.2, 0.25) is 0 Å². The number of aromatic carboxylic acids is 1. The fourth-order valence-electron chi connectivity index (χ4n) is 3.73. The first kappa shape index (κ1) is 15.4. The molecule has 0 spiro atoms. The number of nitrogens with zero attached hydrogens (tertiary/aromatic N) is 3. The molecule has 126 valence electrons. The van der Waals surface area contributed by atoms with Gasteiger partial charge in [-0.15, -0.1) is 0 Å². The van der Waals surface area contributed by atoms with E-state index in [0.717, 1.165) is 19.6 Å². The predicted molar refractivity (Wildman–Crippen MR) is 91.2 cm³/mol. The van der Waals surface area contributed by atoms with Gasteiger partial charge in [0, 0.05) is 25.3 Å². The Morgan fingerprint density at radius 2 is 2.00 bits per heavy atom. The van der Waals surface area contributed by atoms with Gasteiger partial charge in [-0.25, -0.2) is 9.78 Å². The molecule has 1 saturated carbocycles. The summed E-state index contributed by atoms with van der Waals surface area (Å²) in [5.41, 5.74) is 2.93. The Labute approximate surface area is 141 Å². The normalized spacial score (nSPS) is 21.8. The highest BCUT2D eigenvalue weighted by Crippen LogP contribution is 2.36. The number of hydrogen-bond donors (Lipinski definition) is 1. The standard InChI is InChI=1S/C19H23N3O2/c23-19(24)15-5-3-14(4-6-15)16-2-1-9-21(11-16)12-18-10-20-13-22(18)17-7-8-17/h3-6,10,13,16-17H,1-2,7-9,11-12H2,(H,23,24)/t16-/m1/s1. The summed E-state index contributed by atoms with van der Waals surface area (Å²) in [7, 11) is 0. The zero-order chi connectivity index (χ0) is 16.5. The summed E-state index contributed by atoms with van der Waals surface area (Å²) in [5, 5.41) is 9.03. The maximum absolute atomic E-state index is 11.0. The van der Waals surface area contributed by atoms with Crippen molar-refractivity contribution in [2.45, 2.75) is 44.2 Å². The number of carboxylic acids is 1. The Morgan fingerprint density at radius 1 is 1.21 bits per heavy atom. The zero-order valence-corrected chi connectivity index (χ0v) is 13.8. The molecule has 24 heavy (non-hydrogen) atoms. The Bertz CT molecular complexity index is 718. The summed E-state index contributed by atoms with van der Waals surface area (Å²) < 4.78 is 2.34. The zero-order valence-electron chi connectivity index (χ0n) is 13.8. The van der Waals surface area contributed by atoms with Crippen LogP contribution in [0.5, 0.6) is 0 Å². The van der Waals surface area contributed by atoms with Crippen molar-refractivity contribution < 1.29 is 9.90 Å². The molecular weight excluding hydrogens is 302 g/mol. The van der Waals surface area contributed by atoms with E-state index in [2.05, 4.69) is 14.5 Å². The highest BCUT2D eigenvalue weighted by molar-refractivity contribution is 5.87. The van der Waals surface area contributed by atoms with Gasteiger partial charge in [-0.05, 0) is 55.8 Å². The number of benzene rings is 1. The van der Waals surface area contributed by atoms with Crippen molar-refractivity contribution in [1.29, 1.82) is 0 Å². The van der Waals surface area contributed by atoms with Gasteiger partial charge in [0.05, 0.1) is 17.6 Å². The van der Waals surface area contributed by atoms with Crippen LogP contribution in [0.1, 0.15) is 59.3 Å². The molecule has 1 aromatic carbocycles. The molecule has 1 N–H and O–H groups in total. The molecule has 1 atom stereocenters. The largest absolute Gasteiger partial charge is 0.478 e. The molecule has 2 fully saturated rings. The topological polar surface area (TPSA) is 58.4 Å². The number of rotatable bonds is 5. The maximum atomic E-state index is 11.0. The second-order valence-corrected chi connectivity index (χ2v) is 7.02. The lowest BCUT2D eigenvalue weighted by atomic mass is 9.90. The summed E-state index contributed by atoms with van der Waals surface area (Å²) in [6.07, 6.45) is 8.89. The molecule has 1 aliphatic heterocycles. The molecule has 0 radical (unpaired) electrons. The highest BCUT2D eigenvalue weighted by Gasteiger charge is 2.27. The van der Waals surface area contributed by atoms with Gasteiger partial charge in [0.25, 0.3) is 0 Å². The van der Waals surface area contributed by atoms with Crippen LogP contribution >= 0.6 is 0 Å². The lowest BCUT2D eigenvalue weighted by Gasteiger charge is -2.33. The van der Waals surface area contributed by atoms with Gasteiger partial charge in [-0.3, -0.25) is 4.90 Å². The lowest BCUT2D eigenvalue weighted by molar-refractivity contribution is 0.0697. The minimum atomic E-state index is -0.861. The second-order valence-electron chi connectivity index (χ2n) is 7.02. The molecule has 5 heteroatoms. The van der Waals surface area contributed by atoms with Gasteiger partial charge in [-0.1, -0.05) is 12.1 Å². The van der Waals surface area contributed by atoms with Gasteiger partial charge < -0.3 is 9.67 Å². The van der Waals surface area contributed by atoms with Crippen LogP contribution in [0.3, 0.4) is 0 Å². The fraction of sp³-hybridized carbons (Fsp3) is 0.474. The average Bonchev–Trinajstić information content (AvgIpc) is 3.35. The van der Waals surface area contributed by atoms with E-state index < -0.39 is 5.97 Å². The first-order chi connectivity index (χ1) is 11.7. The van der Waals surface area contributed by atoms with Crippen LogP contribution in [0.4, 0.5) is 0 Å². The van der Waals surface area contributed by atoms with Crippen molar-refractivity contribution in [2.24, 2.45) is 0 Å². The van der Waals surface area contributed by atoms with E-state index in [1.165, 1.54) is 36.9 Å². The number of imidazole rings is 1. The van der Waals surface area contributed by atoms with Crippen molar-refractivity contribution in [2.75, 3.05) is 13.1 Å². The van der Waals surface area contributed by atoms with E-state index >= 15 is 0 Å². The van der Waals surface area contributed by atoms with Crippen molar-refractivity contribution >= 4 is 5.97 Å². The maximum Gasteiger partial charge on any atom is 0.335 e. The molecule has 4 rings (SSSR count). The van der Waals surface area contributed by atoms with Crippen molar-refractivity contribution in [3.63, 3.8) is 0 Å². The third kappa shape index (κ3) is 3.22. The molecule has 0 amide bonds. The van der Waals surface area contributed by atoms with E-state index in [1.807, 2.05) is 24.7 Å². The summed E-state index contributed by atoms with van der Waals surface area (Å²) in [4.78, 5) is 17.8. The van der Waals surface area contributed by atoms with E-state index in [9.17, 15) is 4.79 Å². The van der Waals surface area contributed by atoms with Crippen LogP contribution in [-0.2, 0) is 6.54 Å². The van der Waals surface area contributed by atoms with E-state index in [-0.39, 0.29) is 0 Å². The molecule has 1 saturated heterocycles. The van der Waals surface area contributed by atoms with Crippen molar-refractivity contribution in [1.82, 2.24) is 14.5 Å². The minimum Gasteiger partial charge on any atom is -0.478 e. The molecule has 5 nitrogen and oxygen atoms in total. The number of hydrogen-bond acceptors (Lipinski definition) is 3. The molecule has 1 aliphatic carbocycles. The third-order valence-corrected chi connectivity index (χ3v) is 5.21. The van der Waals surface area contributed by atoms with Crippen molar-refractivity contribution in [3.05, 3.63) is 53.6 Å². The quantitative estimate of drug-likeness (QED) is 0.916. The van der Waals surface area contributed by atoms with E-state index in [4.69, 9.17) is 5.11 Å². The molecule has 2 aliphatic rings. The van der Waals surface area contributed by atoms with Crippen LogP contribution < -0.4 is 0 Å². The molecule has 0 bridgehead atoms. The number of likely N-dealkylation sites (tertiary alicyclic amines) is 1. The van der Waals surface area contributed by atoms with Gasteiger partial charge in [-0.2, -0.15) is 0 Å². The lowest BCUT2D eigenvalue weighted by Crippen LogP contribution is -2.34. The number of aromatic nitrogens is 2. The first-order valence-corrected chi connectivity index (χ1v) is 8.77. The molecule has 0 unspecified atom stereocenters. The Hall–Kier alpha value is -2.14. The van der Waals surface area contributed by atoms with Crippen LogP contribution in [0.15, 0.2) is 36.8 Å². The first-order valence-electron chi connectivity index (χ1n) is 8.77. The molecular formula is C19H23N3O2. The fourth-order valence-corrected chi connectivity index (χ4v) is 3.73. The summed E-state index contributed by atoms with van der Waals surface area (Å²) in [6, 6.07) is 8.07. The predicted octanol–water partition coefficient (Wildman–Crippen LogP) is 3.30. The van der Waals surface area contributed by atoms with E-state index in [1.54, 1.807) is 12.1 Å². The Kier molecular flexibility index (Phi) is 4.10. The summed E-state index contributed by atoms with van der Waals surface area (Å²) in [6.45, 7) is 3.11. The smallest absolute Gasteiger partial charge is 0.335 e. The third-order valence-electron chi connectivity index (χ3n) is 5.21. The second kappa shape index (κ2) is 6.40. The Morgan fingerprint density at radius 3 is 2.71 bits per heavy atom. The minimum absolute atomic E-state index is 0.361. The summed E-state index contributed by atoms with van der Waals surface area (Å²) >= 11 is 0. The summed E-state index contributed by atoms with van der Waals surface area (Å²) in [5.74, 6) is -0.376. The van der Waals surface area contributed by atoms with Gasteiger partial charge >= 0.3 is 5.97 Å². The van der Waals surface area contributed by atoms with E-state index in [0.29, 0.717) is 17.5 Å². The Balaban J connectivity index is 1.43. The van der Waals surface area contributed by atoms with Gasteiger partial charge in [0.15, 0.2) is 0 Å². The SMILES string of the molecule is O=C(O)c1ccc([C@@H]2CCCN(Cc3cncn3C3CC3)C2)cc1. The average molecular weight is 325 g/mol. The number of piperidine rings is 1. The van der Waals surface area contributed by atoms with Crippen molar-refractivity contribution in [3.8, 4) is 0 Å². The van der Waals surface area contributed by atoms with Gasteiger partial charge in [0.2, 0.25) is 0 Å². The molecule has 2 heterocycles. The van der Waals surface area contributed by atoms with Crippen LogP contribution in [-0.4, -0.2) is 38.6 Å². The van der Waals surface area contributed by atoms with Crippen LogP contribution in [0, 0.1) is 0 Å². The van der Waals surface area contributed by atoms with Crippen LogP contribution in [0.25, 0.3) is 0 Å². The highest BCUT2D eigenvalue weighted by atomic mass is 16.4. The number of carbonyl (C=O) groups is 1.